The number of anilines is 3. The Morgan fingerprint density at radius 3 is 2.20 bits per heavy atom. The van der Waals surface area contributed by atoms with Gasteiger partial charge in [0.2, 0.25) is 35.4 Å². The number of hydrogen-bond donors (Lipinski definition) is 2. The molecule has 4 fully saturated rings. The van der Waals surface area contributed by atoms with Crippen molar-refractivity contribution >= 4 is 75.0 Å². The first-order valence-electron chi connectivity index (χ1n) is 28.1. The van der Waals surface area contributed by atoms with Gasteiger partial charge in [0.05, 0.1) is 62.8 Å². The number of carbonyl (C=O) groups excluding carboxylic acids is 6. The van der Waals surface area contributed by atoms with Crippen LogP contribution in [0.2, 0.25) is 0 Å². The van der Waals surface area contributed by atoms with Gasteiger partial charge in [-0.3, -0.25) is 38.1 Å². The number of thiazole rings is 1. The maximum absolute atomic E-state index is 14.5. The van der Waals surface area contributed by atoms with Crippen molar-refractivity contribution in [1.82, 2.24) is 44.5 Å². The van der Waals surface area contributed by atoms with Crippen molar-refractivity contribution in [2.24, 2.45) is 5.92 Å². The molecule has 20 nitrogen and oxygen atoms in total. The topological polar surface area (TPSA) is 231 Å². The molecular formula is C58H72FN11O9S. The molecule has 2 aliphatic carbocycles. The normalized spacial score (nSPS) is 17.9. The van der Waals surface area contributed by atoms with Gasteiger partial charge in [0, 0.05) is 68.3 Å². The Labute approximate surface area is 468 Å². The number of hydrogen-bond acceptors (Lipinski definition) is 16. The standard InChI is InChI=1S/C58H72FN11O9S/c1-36-44-34-61-58(65-53(44)70(42-13-8-9-14-42)56(76)50(36)38(3)71)63-47-21-20-43(33-60-47)67-25-27-68(28-26-67)49(73)23-30-79-32-31-78-29-22-48(72)66(4)37(2)54(75)64-51(39-11-6-5-7-12-39)57(77)69-24-10-15-46(69)55-62-45(35-80-55)52(74)40-16-18-41(59)19-17-40/h16-21,33-35,37,39,42,46,51H,5-15,22-32H2,1-4H3,(H,64,75)(H,60,61,63,65)/t37?,46-,51?/m0/s1. The Kier molecular flexibility index (Phi) is 19.1. The molecule has 4 amide bonds. The Bertz CT molecular complexity index is 3100. The minimum atomic E-state index is -0.856. The number of pyridine rings is 2. The zero-order chi connectivity index (χ0) is 56.5. The predicted molar refractivity (Wildman–Crippen MR) is 300 cm³/mol. The van der Waals surface area contributed by atoms with Gasteiger partial charge in [-0.2, -0.15) is 4.98 Å². The van der Waals surface area contributed by atoms with E-state index < -0.39 is 23.8 Å². The number of nitrogens with one attached hydrogen (secondary N) is 2. The van der Waals surface area contributed by atoms with E-state index in [-0.39, 0.29) is 103 Å². The predicted octanol–water partition coefficient (Wildman–Crippen LogP) is 7.12. The molecule has 2 saturated carbocycles. The van der Waals surface area contributed by atoms with Crippen LogP contribution in [0.3, 0.4) is 0 Å². The molecule has 426 valence electrons. The second-order valence-corrected chi connectivity index (χ2v) is 22.3. The molecule has 5 aromatic rings. The van der Waals surface area contributed by atoms with Crippen LogP contribution in [0.5, 0.6) is 0 Å². The lowest BCUT2D eigenvalue weighted by Gasteiger charge is -2.36. The lowest BCUT2D eigenvalue weighted by Crippen LogP contribution is -2.56. The van der Waals surface area contributed by atoms with Crippen molar-refractivity contribution in [3.05, 3.63) is 97.7 Å². The Morgan fingerprint density at radius 2 is 1.51 bits per heavy atom. The first-order valence-corrected chi connectivity index (χ1v) is 29.0. The summed E-state index contributed by atoms with van der Waals surface area (Å²) in [6.45, 7) is 8.47. The highest BCUT2D eigenvalue weighted by atomic mass is 32.1. The van der Waals surface area contributed by atoms with Crippen LogP contribution < -0.4 is 21.1 Å². The van der Waals surface area contributed by atoms with E-state index in [9.17, 15) is 38.0 Å². The molecule has 2 unspecified atom stereocenters. The molecule has 22 heteroatoms. The number of likely N-dealkylation sites (N-methyl/N-ethyl adjacent to an activating group) is 1. The zero-order valence-electron chi connectivity index (χ0n) is 46.1. The Hall–Kier alpha value is -7.04. The number of rotatable bonds is 22. The van der Waals surface area contributed by atoms with Gasteiger partial charge in [-0.25, -0.2) is 19.3 Å². The number of fused-ring (bicyclic) bond motifs is 1. The molecular weight excluding hydrogens is 1050 g/mol. The number of likely N-dealkylation sites (tertiary alicyclic amines) is 1. The number of Topliss-reactive ketones (excluding diaryl/α,β-unsaturated/α-hetero) is 1. The van der Waals surface area contributed by atoms with Crippen LogP contribution in [-0.4, -0.2) is 153 Å². The number of aryl methyl sites for hydroxylation is 1. The number of benzene rings is 1. The molecule has 4 aliphatic rings. The maximum atomic E-state index is 14.5. The molecule has 3 atom stereocenters. The summed E-state index contributed by atoms with van der Waals surface area (Å²) in [5, 5.41) is 9.21. The molecule has 0 bridgehead atoms. The van der Waals surface area contributed by atoms with Crippen LogP contribution in [0.4, 0.5) is 21.8 Å². The van der Waals surface area contributed by atoms with E-state index in [0.29, 0.717) is 78.1 Å². The molecule has 9 rings (SSSR count). The van der Waals surface area contributed by atoms with Crippen LogP contribution in [-0.2, 0) is 28.7 Å². The number of carbonyl (C=O) groups is 6. The second-order valence-electron chi connectivity index (χ2n) is 21.4. The number of ketones is 2. The van der Waals surface area contributed by atoms with Crippen molar-refractivity contribution in [1.29, 1.82) is 0 Å². The van der Waals surface area contributed by atoms with Crippen molar-refractivity contribution in [2.75, 3.05) is 76.4 Å². The summed E-state index contributed by atoms with van der Waals surface area (Å²) in [6, 6.07) is 7.10. The lowest BCUT2D eigenvalue weighted by molar-refractivity contribution is -0.143. The van der Waals surface area contributed by atoms with E-state index >= 15 is 0 Å². The molecule has 2 saturated heterocycles. The molecule has 4 aromatic heterocycles. The summed E-state index contributed by atoms with van der Waals surface area (Å²) >= 11 is 1.31. The molecule has 1 aromatic carbocycles. The summed E-state index contributed by atoms with van der Waals surface area (Å²) in [6.07, 6.45) is 13.4. The minimum absolute atomic E-state index is 0.00466. The van der Waals surface area contributed by atoms with Crippen molar-refractivity contribution in [3.63, 3.8) is 0 Å². The number of aromatic nitrogens is 5. The molecule has 2 N–H and O–H groups in total. The van der Waals surface area contributed by atoms with Gasteiger partial charge in [-0.05, 0) is 107 Å². The monoisotopic (exact) mass is 1120 g/mol. The number of piperazine rings is 1. The van der Waals surface area contributed by atoms with E-state index in [1.54, 1.807) is 48.1 Å². The zero-order valence-corrected chi connectivity index (χ0v) is 46.9. The van der Waals surface area contributed by atoms with Crippen molar-refractivity contribution in [2.45, 2.75) is 128 Å². The minimum Gasteiger partial charge on any atom is -0.379 e. The van der Waals surface area contributed by atoms with Crippen LogP contribution in [0, 0.1) is 18.7 Å². The average molecular weight is 1120 g/mol. The van der Waals surface area contributed by atoms with Gasteiger partial charge in [-0.15, -0.1) is 11.3 Å². The summed E-state index contributed by atoms with van der Waals surface area (Å²) in [5.74, 6) is -1.17. The van der Waals surface area contributed by atoms with Crippen molar-refractivity contribution in [3.8, 4) is 0 Å². The number of nitrogens with zero attached hydrogens (tertiary/aromatic N) is 9. The maximum Gasteiger partial charge on any atom is 0.263 e. The highest BCUT2D eigenvalue weighted by molar-refractivity contribution is 7.10. The SMILES string of the molecule is CC(=O)c1c(C)c2cnc(Nc3ccc(N4CCN(C(=O)CCOCCOCCC(=O)N(C)C(C)C(=O)NC(C(=O)N5CCC[C@H]5c5nc(C(=O)c6ccc(F)cc6)cs5)C5CCCCC5)CC4)cn3)nc2n(C2CCCC2)c1=O. The Morgan fingerprint density at radius 1 is 0.812 bits per heavy atom. The molecule has 6 heterocycles. The summed E-state index contributed by atoms with van der Waals surface area (Å²) in [7, 11) is 1.57. The largest absolute Gasteiger partial charge is 0.379 e. The number of halogens is 1. The molecule has 2 aliphatic heterocycles. The van der Waals surface area contributed by atoms with Crippen LogP contribution >= 0.6 is 11.3 Å². The first kappa shape index (κ1) is 57.6. The molecule has 80 heavy (non-hydrogen) atoms. The summed E-state index contributed by atoms with van der Waals surface area (Å²) in [5.41, 5.74) is 2.45. The fourth-order valence-electron chi connectivity index (χ4n) is 11.5. The summed E-state index contributed by atoms with van der Waals surface area (Å²) in [4.78, 5) is 120. The fraction of sp³-hybridized carbons (Fsp3) is 0.534. The number of ether oxygens (including phenoxy) is 2. The van der Waals surface area contributed by atoms with Gasteiger partial charge in [0.15, 0.2) is 5.78 Å². The third kappa shape index (κ3) is 13.4. The van der Waals surface area contributed by atoms with E-state index in [1.807, 2.05) is 17.0 Å². The molecule has 0 radical (unpaired) electrons. The van der Waals surface area contributed by atoms with E-state index in [1.165, 1.54) is 47.4 Å². The number of amides is 4. The van der Waals surface area contributed by atoms with Gasteiger partial charge in [0.25, 0.3) is 5.56 Å². The highest BCUT2D eigenvalue weighted by Crippen LogP contribution is 2.37. The highest BCUT2D eigenvalue weighted by Gasteiger charge is 2.41. The van der Waals surface area contributed by atoms with Crippen LogP contribution in [0.25, 0.3) is 11.0 Å². The second kappa shape index (κ2) is 26.5. The van der Waals surface area contributed by atoms with Crippen LogP contribution in [0.15, 0.2) is 59.0 Å². The van der Waals surface area contributed by atoms with E-state index in [2.05, 4.69) is 30.5 Å². The summed E-state index contributed by atoms with van der Waals surface area (Å²) < 4.78 is 26.6. The van der Waals surface area contributed by atoms with Crippen molar-refractivity contribution < 1.29 is 42.6 Å². The third-order valence-corrected chi connectivity index (χ3v) is 17.2. The van der Waals surface area contributed by atoms with Gasteiger partial charge in [0.1, 0.15) is 40.1 Å². The van der Waals surface area contributed by atoms with Gasteiger partial charge < -0.3 is 39.7 Å². The smallest absolute Gasteiger partial charge is 0.263 e. The van der Waals surface area contributed by atoms with E-state index in [0.717, 1.165) is 69.9 Å². The third-order valence-electron chi connectivity index (χ3n) is 16.2. The van der Waals surface area contributed by atoms with Crippen LogP contribution in [0.1, 0.15) is 146 Å². The van der Waals surface area contributed by atoms with E-state index in [4.69, 9.17) is 14.5 Å². The average Bonchev–Trinajstić information content (AvgIpc) is 4.34. The fourth-order valence-corrected chi connectivity index (χ4v) is 12.5. The van der Waals surface area contributed by atoms with Gasteiger partial charge in [-0.1, -0.05) is 32.1 Å². The van der Waals surface area contributed by atoms with Gasteiger partial charge >= 0.3 is 0 Å². The first-order chi connectivity index (χ1) is 38.7. The quantitative estimate of drug-likeness (QED) is 0.0519. The lowest BCUT2D eigenvalue weighted by atomic mass is 9.83. The molecule has 0 spiro atoms. The Balaban J connectivity index is 0.669.